The topological polar surface area (TPSA) is 74.3 Å². The average Bonchev–Trinajstić information content (AvgIpc) is 2.93. The van der Waals surface area contributed by atoms with Crippen molar-refractivity contribution in [1.82, 2.24) is 4.90 Å². The highest BCUT2D eigenvalue weighted by Gasteiger charge is 2.43. The summed E-state index contributed by atoms with van der Waals surface area (Å²) in [4.78, 5) is 25.0. The summed E-state index contributed by atoms with van der Waals surface area (Å²) >= 11 is 0. The molecule has 0 aliphatic carbocycles. The van der Waals surface area contributed by atoms with E-state index in [0.29, 0.717) is 19.8 Å². The number of rotatable bonds is 5. The van der Waals surface area contributed by atoms with Gasteiger partial charge in [0.15, 0.2) is 0 Å². The fraction of sp³-hybridized carbons (Fsp3) is 0.857. The van der Waals surface area contributed by atoms with Gasteiger partial charge < -0.3 is 18.9 Å². The molecule has 0 aromatic carbocycles. The fourth-order valence-electron chi connectivity index (χ4n) is 2.95. The van der Waals surface area contributed by atoms with Gasteiger partial charge in [-0.2, -0.15) is 0 Å². The van der Waals surface area contributed by atoms with Crippen LogP contribution in [0.2, 0.25) is 0 Å². The van der Waals surface area contributed by atoms with E-state index in [-0.39, 0.29) is 36.7 Å². The third kappa shape index (κ3) is 4.15. The van der Waals surface area contributed by atoms with E-state index in [4.69, 9.17) is 18.9 Å². The van der Waals surface area contributed by atoms with Crippen molar-refractivity contribution in [3.05, 3.63) is 0 Å². The van der Waals surface area contributed by atoms with Gasteiger partial charge in [-0.1, -0.05) is 0 Å². The zero-order valence-corrected chi connectivity index (χ0v) is 12.6. The SMILES string of the molecule is COC(=O)CN(CC(=O)OC)C1CCOC2(CCOC2)C1. The van der Waals surface area contributed by atoms with E-state index in [2.05, 4.69) is 0 Å². The van der Waals surface area contributed by atoms with Crippen molar-refractivity contribution in [1.29, 1.82) is 0 Å². The van der Waals surface area contributed by atoms with Crippen LogP contribution in [0.25, 0.3) is 0 Å². The van der Waals surface area contributed by atoms with E-state index in [1.54, 1.807) is 0 Å². The van der Waals surface area contributed by atoms with E-state index >= 15 is 0 Å². The van der Waals surface area contributed by atoms with Gasteiger partial charge in [0, 0.05) is 25.7 Å². The number of ether oxygens (including phenoxy) is 4. The molecule has 2 saturated heterocycles. The lowest BCUT2D eigenvalue weighted by Crippen LogP contribution is -2.51. The summed E-state index contributed by atoms with van der Waals surface area (Å²) in [6.45, 7) is 2.03. The first-order valence-electron chi connectivity index (χ1n) is 7.18. The Morgan fingerprint density at radius 2 is 1.86 bits per heavy atom. The molecule has 2 unspecified atom stereocenters. The van der Waals surface area contributed by atoms with Crippen LogP contribution in [-0.2, 0) is 28.5 Å². The minimum Gasteiger partial charge on any atom is -0.468 e. The van der Waals surface area contributed by atoms with Gasteiger partial charge in [-0.25, -0.2) is 0 Å². The molecule has 2 rings (SSSR count). The third-order valence-corrected chi connectivity index (χ3v) is 4.17. The first-order chi connectivity index (χ1) is 10.1. The van der Waals surface area contributed by atoms with Crippen LogP contribution in [0.15, 0.2) is 0 Å². The van der Waals surface area contributed by atoms with Crippen molar-refractivity contribution in [2.45, 2.75) is 30.9 Å². The van der Waals surface area contributed by atoms with Crippen LogP contribution in [-0.4, -0.2) is 75.6 Å². The lowest BCUT2D eigenvalue weighted by Gasteiger charge is -2.41. The molecule has 120 valence electrons. The largest absolute Gasteiger partial charge is 0.468 e. The second-order valence-electron chi connectivity index (χ2n) is 5.54. The molecule has 2 heterocycles. The Morgan fingerprint density at radius 1 is 1.19 bits per heavy atom. The minimum atomic E-state index is -0.359. The van der Waals surface area contributed by atoms with Crippen molar-refractivity contribution in [2.75, 3.05) is 47.1 Å². The molecule has 2 fully saturated rings. The molecule has 0 bridgehead atoms. The highest BCUT2D eigenvalue weighted by Crippen LogP contribution is 2.34. The number of carbonyl (C=O) groups excluding carboxylic acids is 2. The highest BCUT2D eigenvalue weighted by atomic mass is 16.6. The zero-order valence-electron chi connectivity index (χ0n) is 12.6. The molecule has 0 N–H and O–H groups in total. The van der Waals surface area contributed by atoms with E-state index in [9.17, 15) is 9.59 Å². The van der Waals surface area contributed by atoms with Gasteiger partial charge in [0.25, 0.3) is 0 Å². The van der Waals surface area contributed by atoms with Gasteiger partial charge in [0.2, 0.25) is 0 Å². The van der Waals surface area contributed by atoms with Crippen LogP contribution in [0.4, 0.5) is 0 Å². The standard InChI is InChI=1S/C14H23NO6/c1-18-12(16)8-15(9-13(17)19-2)11-3-5-21-14(7-11)4-6-20-10-14/h11H,3-10H2,1-2H3. The molecule has 0 aromatic rings. The maximum absolute atomic E-state index is 11.6. The lowest BCUT2D eigenvalue weighted by molar-refractivity contribution is -0.151. The van der Waals surface area contributed by atoms with Gasteiger partial charge in [-0.15, -0.1) is 0 Å². The summed E-state index contributed by atoms with van der Waals surface area (Å²) in [7, 11) is 2.68. The summed E-state index contributed by atoms with van der Waals surface area (Å²) in [5, 5.41) is 0. The Kier molecular flexibility index (Phi) is 5.55. The quantitative estimate of drug-likeness (QED) is 0.660. The fourth-order valence-corrected chi connectivity index (χ4v) is 2.95. The summed E-state index contributed by atoms with van der Waals surface area (Å²) in [5.41, 5.74) is -0.270. The van der Waals surface area contributed by atoms with Gasteiger partial charge in [-0.05, 0) is 12.8 Å². The predicted octanol–water partition coefficient (Wildman–Crippen LogP) is -0.0275. The van der Waals surface area contributed by atoms with Gasteiger partial charge in [-0.3, -0.25) is 14.5 Å². The maximum atomic E-state index is 11.6. The van der Waals surface area contributed by atoms with E-state index < -0.39 is 0 Å². The Morgan fingerprint density at radius 3 is 2.38 bits per heavy atom. The molecule has 0 radical (unpaired) electrons. The van der Waals surface area contributed by atoms with Crippen molar-refractivity contribution in [3.63, 3.8) is 0 Å². The first kappa shape index (κ1) is 16.2. The molecule has 0 aromatic heterocycles. The van der Waals surface area contributed by atoms with Crippen LogP contribution in [0.3, 0.4) is 0 Å². The maximum Gasteiger partial charge on any atom is 0.319 e. The van der Waals surface area contributed by atoms with Crippen molar-refractivity contribution < 1.29 is 28.5 Å². The van der Waals surface area contributed by atoms with Crippen LogP contribution in [0.5, 0.6) is 0 Å². The molecule has 0 saturated carbocycles. The second-order valence-corrected chi connectivity index (χ2v) is 5.54. The highest BCUT2D eigenvalue weighted by molar-refractivity contribution is 5.74. The Labute approximate surface area is 124 Å². The number of hydrogen-bond donors (Lipinski definition) is 0. The summed E-state index contributed by atoms with van der Waals surface area (Å²) in [6, 6.07) is 0.0821. The molecule has 7 heteroatoms. The van der Waals surface area contributed by atoms with Gasteiger partial charge in [0.1, 0.15) is 0 Å². The molecule has 7 nitrogen and oxygen atoms in total. The molecular weight excluding hydrogens is 278 g/mol. The monoisotopic (exact) mass is 301 g/mol. The van der Waals surface area contributed by atoms with Gasteiger partial charge in [0.05, 0.1) is 39.5 Å². The normalized spacial score (nSPS) is 28.8. The number of esters is 2. The Balaban J connectivity index is 2.03. The molecule has 21 heavy (non-hydrogen) atoms. The van der Waals surface area contributed by atoms with Crippen molar-refractivity contribution >= 4 is 11.9 Å². The van der Waals surface area contributed by atoms with Crippen molar-refractivity contribution in [3.8, 4) is 0 Å². The van der Waals surface area contributed by atoms with Crippen LogP contribution in [0.1, 0.15) is 19.3 Å². The molecule has 1 spiro atoms. The Hall–Kier alpha value is -1.18. The smallest absolute Gasteiger partial charge is 0.319 e. The number of hydrogen-bond acceptors (Lipinski definition) is 7. The van der Waals surface area contributed by atoms with Crippen molar-refractivity contribution in [2.24, 2.45) is 0 Å². The third-order valence-electron chi connectivity index (χ3n) is 4.17. The molecular formula is C14H23NO6. The van der Waals surface area contributed by atoms with Crippen LogP contribution >= 0.6 is 0 Å². The van der Waals surface area contributed by atoms with E-state index in [1.807, 2.05) is 4.90 Å². The summed E-state index contributed by atoms with van der Waals surface area (Å²) < 4.78 is 20.8. The number of methoxy groups -OCH3 is 2. The summed E-state index contributed by atoms with van der Waals surface area (Å²) in [5.74, 6) is -0.718. The average molecular weight is 301 g/mol. The molecule has 2 atom stereocenters. The van der Waals surface area contributed by atoms with Crippen LogP contribution in [0, 0.1) is 0 Å². The second kappa shape index (κ2) is 7.20. The Bertz CT molecular complexity index is 362. The lowest BCUT2D eigenvalue weighted by atomic mass is 9.89. The molecule has 2 aliphatic heterocycles. The minimum absolute atomic E-state index is 0.0766. The van der Waals surface area contributed by atoms with E-state index in [1.165, 1.54) is 14.2 Å². The first-order valence-corrected chi connectivity index (χ1v) is 7.18. The van der Waals surface area contributed by atoms with E-state index in [0.717, 1.165) is 19.3 Å². The number of nitrogens with zero attached hydrogens (tertiary/aromatic N) is 1. The zero-order chi connectivity index (χ0) is 15.3. The molecule has 2 aliphatic rings. The van der Waals surface area contributed by atoms with Gasteiger partial charge >= 0.3 is 11.9 Å². The van der Waals surface area contributed by atoms with Crippen LogP contribution < -0.4 is 0 Å². The predicted molar refractivity (Wildman–Crippen MR) is 72.7 cm³/mol. The summed E-state index contributed by atoms with van der Waals surface area (Å²) in [6.07, 6.45) is 2.38. The number of carbonyl (C=O) groups is 2. The molecule has 0 amide bonds.